The minimum absolute atomic E-state index is 0.00157. The molecular formula is C18H22N4O2. The highest BCUT2D eigenvalue weighted by Gasteiger charge is 2.26. The molecule has 2 aromatic rings. The van der Waals surface area contributed by atoms with Crippen molar-refractivity contribution in [2.45, 2.75) is 38.8 Å². The van der Waals surface area contributed by atoms with Crippen LogP contribution in [0.2, 0.25) is 0 Å². The molecular weight excluding hydrogens is 304 g/mol. The minimum atomic E-state index is -0.146. The number of aromatic nitrogens is 2. The average molecular weight is 326 g/mol. The Labute approximate surface area is 141 Å². The number of carbonyl (C=O) groups is 2. The number of hydrogen-bond acceptors (Lipinski definition) is 3. The Morgan fingerprint density at radius 3 is 3.04 bits per heavy atom. The monoisotopic (exact) mass is 326 g/mol. The first-order valence-corrected chi connectivity index (χ1v) is 8.27. The van der Waals surface area contributed by atoms with Crippen LogP contribution in [0.1, 0.15) is 25.3 Å². The summed E-state index contributed by atoms with van der Waals surface area (Å²) in [6.45, 7) is 2.58. The molecule has 3 rings (SSSR count). The van der Waals surface area contributed by atoms with Crippen molar-refractivity contribution in [3.05, 3.63) is 48.3 Å². The first kappa shape index (κ1) is 16.2. The molecule has 0 radical (unpaired) electrons. The van der Waals surface area contributed by atoms with Gasteiger partial charge in [0, 0.05) is 36.5 Å². The van der Waals surface area contributed by atoms with Crippen LogP contribution in [0.25, 0.3) is 0 Å². The number of amides is 2. The van der Waals surface area contributed by atoms with Crippen molar-refractivity contribution in [2.75, 3.05) is 5.32 Å². The van der Waals surface area contributed by atoms with E-state index in [1.54, 1.807) is 10.9 Å². The number of para-hydroxylation sites is 1. The first-order chi connectivity index (χ1) is 11.6. The van der Waals surface area contributed by atoms with Crippen LogP contribution in [-0.2, 0) is 22.6 Å². The molecule has 0 unspecified atom stereocenters. The molecule has 1 aromatic carbocycles. The summed E-state index contributed by atoms with van der Waals surface area (Å²) < 4.78 is 1.79. The van der Waals surface area contributed by atoms with E-state index in [4.69, 9.17) is 0 Å². The van der Waals surface area contributed by atoms with Crippen molar-refractivity contribution in [1.82, 2.24) is 15.1 Å². The van der Waals surface area contributed by atoms with Gasteiger partial charge in [-0.2, -0.15) is 5.10 Å². The minimum Gasteiger partial charge on any atom is -0.352 e. The Bertz CT molecular complexity index is 712. The topological polar surface area (TPSA) is 76.0 Å². The Balaban J connectivity index is 1.47. The molecule has 6 nitrogen and oxygen atoms in total. The van der Waals surface area contributed by atoms with Gasteiger partial charge < -0.3 is 10.6 Å². The first-order valence-electron chi connectivity index (χ1n) is 8.27. The van der Waals surface area contributed by atoms with Gasteiger partial charge in [-0.1, -0.05) is 18.2 Å². The van der Waals surface area contributed by atoms with Gasteiger partial charge in [0.2, 0.25) is 11.8 Å². The third-order valence-corrected chi connectivity index (χ3v) is 4.26. The second-order valence-corrected chi connectivity index (χ2v) is 6.28. The summed E-state index contributed by atoms with van der Waals surface area (Å²) in [5.74, 6) is -0.167. The Hall–Kier alpha value is -2.63. The summed E-state index contributed by atoms with van der Waals surface area (Å²) in [5, 5.41) is 10.0. The van der Waals surface area contributed by atoms with E-state index in [1.807, 2.05) is 43.5 Å². The fourth-order valence-electron chi connectivity index (χ4n) is 3.03. The zero-order valence-corrected chi connectivity index (χ0v) is 13.7. The third kappa shape index (κ3) is 4.01. The molecule has 2 heterocycles. The van der Waals surface area contributed by atoms with Gasteiger partial charge in [-0.15, -0.1) is 0 Å². The van der Waals surface area contributed by atoms with Gasteiger partial charge in [-0.3, -0.25) is 14.3 Å². The molecule has 126 valence electrons. The molecule has 1 aliphatic rings. The second kappa shape index (κ2) is 7.29. The molecule has 2 amide bonds. The summed E-state index contributed by atoms with van der Waals surface area (Å²) in [4.78, 5) is 24.3. The van der Waals surface area contributed by atoms with Gasteiger partial charge in [0.25, 0.3) is 0 Å². The Kier molecular flexibility index (Phi) is 4.93. The van der Waals surface area contributed by atoms with Crippen LogP contribution in [0.15, 0.2) is 42.7 Å². The lowest BCUT2D eigenvalue weighted by molar-refractivity contribution is -0.123. The van der Waals surface area contributed by atoms with E-state index in [0.29, 0.717) is 25.8 Å². The predicted octanol–water partition coefficient (Wildman–Crippen LogP) is 1.98. The van der Waals surface area contributed by atoms with Crippen molar-refractivity contribution >= 4 is 17.5 Å². The van der Waals surface area contributed by atoms with Gasteiger partial charge in [0.05, 0.1) is 6.54 Å². The molecule has 1 aromatic heterocycles. The second-order valence-electron chi connectivity index (χ2n) is 6.28. The van der Waals surface area contributed by atoms with Gasteiger partial charge in [-0.25, -0.2) is 0 Å². The highest BCUT2D eigenvalue weighted by Crippen LogP contribution is 2.27. The van der Waals surface area contributed by atoms with E-state index < -0.39 is 0 Å². The van der Waals surface area contributed by atoms with Crippen LogP contribution in [0.3, 0.4) is 0 Å². The fourth-order valence-corrected chi connectivity index (χ4v) is 3.03. The molecule has 0 aliphatic carbocycles. The summed E-state index contributed by atoms with van der Waals surface area (Å²) >= 11 is 0. The summed E-state index contributed by atoms with van der Waals surface area (Å²) in [6, 6.07) is 9.67. The number of anilines is 1. The zero-order valence-electron chi connectivity index (χ0n) is 13.7. The van der Waals surface area contributed by atoms with E-state index in [0.717, 1.165) is 11.3 Å². The fraction of sp³-hybridized carbons (Fsp3) is 0.389. The van der Waals surface area contributed by atoms with E-state index in [1.165, 1.54) is 0 Å². The number of nitrogens with one attached hydrogen (secondary N) is 2. The van der Waals surface area contributed by atoms with Crippen molar-refractivity contribution in [1.29, 1.82) is 0 Å². The van der Waals surface area contributed by atoms with Gasteiger partial charge in [0.1, 0.15) is 0 Å². The van der Waals surface area contributed by atoms with Crippen molar-refractivity contribution in [3.8, 4) is 0 Å². The van der Waals surface area contributed by atoms with Crippen LogP contribution in [0.5, 0.6) is 0 Å². The molecule has 1 aliphatic heterocycles. The normalized spacial score (nSPS) is 17.7. The van der Waals surface area contributed by atoms with Crippen LogP contribution in [0, 0.1) is 5.92 Å². The van der Waals surface area contributed by atoms with Crippen LogP contribution in [-0.4, -0.2) is 27.6 Å². The third-order valence-electron chi connectivity index (χ3n) is 4.26. The highest BCUT2D eigenvalue weighted by atomic mass is 16.2. The maximum Gasteiger partial charge on any atom is 0.227 e. The molecule has 0 saturated carbocycles. The van der Waals surface area contributed by atoms with Gasteiger partial charge >= 0.3 is 0 Å². The molecule has 2 N–H and O–H groups in total. The van der Waals surface area contributed by atoms with E-state index in [-0.39, 0.29) is 23.8 Å². The van der Waals surface area contributed by atoms with E-state index in [9.17, 15) is 9.59 Å². The highest BCUT2D eigenvalue weighted by molar-refractivity contribution is 5.96. The van der Waals surface area contributed by atoms with Crippen molar-refractivity contribution in [2.24, 2.45) is 5.92 Å². The summed E-state index contributed by atoms with van der Waals surface area (Å²) in [6.07, 6.45) is 5.18. The maximum atomic E-state index is 12.1. The number of carbonyl (C=O) groups excluding carboxylic acids is 2. The molecule has 24 heavy (non-hydrogen) atoms. The predicted molar refractivity (Wildman–Crippen MR) is 91.3 cm³/mol. The summed E-state index contributed by atoms with van der Waals surface area (Å²) in [5.41, 5.74) is 2.02. The number of hydrogen-bond donors (Lipinski definition) is 2. The zero-order chi connectivity index (χ0) is 16.9. The summed E-state index contributed by atoms with van der Waals surface area (Å²) in [7, 11) is 0. The maximum absolute atomic E-state index is 12.1. The van der Waals surface area contributed by atoms with Crippen molar-refractivity contribution < 1.29 is 9.59 Å². The van der Waals surface area contributed by atoms with Crippen LogP contribution >= 0.6 is 0 Å². The van der Waals surface area contributed by atoms with Crippen LogP contribution in [0.4, 0.5) is 5.69 Å². The SMILES string of the molecule is C[C@H](Cn1cccn1)NC(=O)CC[C@@H]1Cc2ccccc2NC1=O. The van der Waals surface area contributed by atoms with Gasteiger partial charge in [-0.05, 0) is 37.5 Å². The average Bonchev–Trinajstić information content (AvgIpc) is 3.05. The largest absolute Gasteiger partial charge is 0.352 e. The van der Waals surface area contributed by atoms with E-state index >= 15 is 0 Å². The van der Waals surface area contributed by atoms with E-state index in [2.05, 4.69) is 15.7 Å². The van der Waals surface area contributed by atoms with Gasteiger partial charge in [0.15, 0.2) is 0 Å². The molecule has 2 atom stereocenters. The lowest BCUT2D eigenvalue weighted by atomic mass is 9.89. The number of rotatable bonds is 6. The number of nitrogens with zero attached hydrogens (tertiary/aromatic N) is 2. The van der Waals surface area contributed by atoms with Crippen LogP contribution < -0.4 is 10.6 Å². The number of fused-ring (bicyclic) bond motifs is 1. The molecule has 0 spiro atoms. The van der Waals surface area contributed by atoms with Crippen molar-refractivity contribution in [3.63, 3.8) is 0 Å². The lowest BCUT2D eigenvalue weighted by Gasteiger charge is -2.24. The molecule has 6 heteroatoms. The molecule has 0 fully saturated rings. The Morgan fingerprint density at radius 2 is 2.25 bits per heavy atom. The Morgan fingerprint density at radius 1 is 1.42 bits per heavy atom. The quantitative estimate of drug-likeness (QED) is 0.852. The number of benzene rings is 1. The molecule has 0 saturated heterocycles. The smallest absolute Gasteiger partial charge is 0.227 e. The molecule has 0 bridgehead atoms. The lowest BCUT2D eigenvalue weighted by Crippen LogP contribution is -2.37. The standard InChI is InChI=1S/C18H22N4O2/c1-13(12-22-10-4-9-19-22)20-17(23)8-7-15-11-14-5-2-3-6-16(14)21-18(15)24/h2-6,9-10,13,15H,7-8,11-12H2,1H3,(H,20,23)(H,21,24)/t13-,15-/m1/s1.